The molecule has 0 saturated heterocycles. The number of hydrogen-bond acceptors (Lipinski definition) is 2. The highest BCUT2D eigenvalue weighted by atomic mass is 16.3. The maximum Gasteiger partial charge on any atom is 0.148 e. The van der Waals surface area contributed by atoms with E-state index in [1.54, 1.807) is 0 Å². The van der Waals surface area contributed by atoms with Crippen LogP contribution in [0.3, 0.4) is 0 Å². The Morgan fingerprint density at radius 3 is 2.50 bits per heavy atom. The molecule has 0 aliphatic heterocycles. The van der Waals surface area contributed by atoms with Crippen LogP contribution in [-0.4, -0.2) is 17.0 Å². The van der Waals surface area contributed by atoms with Crippen molar-refractivity contribution in [2.75, 3.05) is 0 Å². The SMILES string of the molecule is CC(C)C(=O)[C@]1(c2ccccc2)CCCC[C@@H]1O. The summed E-state index contributed by atoms with van der Waals surface area (Å²) in [5.74, 6) is 0.138. The minimum Gasteiger partial charge on any atom is -0.392 e. The van der Waals surface area contributed by atoms with Crippen LogP contribution in [0.1, 0.15) is 45.1 Å². The Morgan fingerprint density at radius 1 is 1.28 bits per heavy atom. The molecule has 1 N–H and O–H groups in total. The molecule has 98 valence electrons. The maximum absolute atomic E-state index is 12.7. The third kappa shape index (κ3) is 2.10. The first-order chi connectivity index (χ1) is 8.59. The number of aliphatic hydroxyl groups excluding tert-OH is 1. The van der Waals surface area contributed by atoms with E-state index in [2.05, 4.69) is 0 Å². The van der Waals surface area contributed by atoms with E-state index in [-0.39, 0.29) is 11.7 Å². The number of benzene rings is 1. The number of Topliss-reactive ketones (excluding diaryl/α,β-unsaturated/α-hetero) is 1. The molecule has 2 heteroatoms. The quantitative estimate of drug-likeness (QED) is 0.890. The van der Waals surface area contributed by atoms with Gasteiger partial charge in [0.15, 0.2) is 0 Å². The van der Waals surface area contributed by atoms with Crippen LogP contribution in [0.2, 0.25) is 0 Å². The first-order valence-electron chi connectivity index (χ1n) is 6.87. The molecule has 0 bridgehead atoms. The number of hydrogen-bond donors (Lipinski definition) is 1. The second-order valence-corrected chi connectivity index (χ2v) is 5.62. The van der Waals surface area contributed by atoms with Crippen LogP contribution in [0, 0.1) is 5.92 Å². The van der Waals surface area contributed by atoms with Crippen LogP contribution in [0.25, 0.3) is 0 Å². The van der Waals surface area contributed by atoms with Gasteiger partial charge in [0.2, 0.25) is 0 Å². The van der Waals surface area contributed by atoms with Crippen LogP contribution >= 0.6 is 0 Å². The lowest BCUT2D eigenvalue weighted by molar-refractivity contribution is -0.134. The smallest absolute Gasteiger partial charge is 0.148 e. The molecule has 1 aromatic rings. The predicted octanol–water partition coefficient (Wildman–Crippen LogP) is 3.08. The summed E-state index contributed by atoms with van der Waals surface area (Å²) in [6, 6.07) is 9.81. The highest BCUT2D eigenvalue weighted by Crippen LogP contribution is 2.42. The Balaban J connectivity index is 2.49. The summed E-state index contributed by atoms with van der Waals surface area (Å²) in [5, 5.41) is 10.5. The fourth-order valence-electron chi connectivity index (χ4n) is 3.17. The molecule has 2 nitrogen and oxygen atoms in total. The average Bonchev–Trinajstić information content (AvgIpc) is 2.39. The van der Waals surface area contributed by atoms with Gasteiger partial charge in [-0.25, -0.2) is 0 Å². The van der Waals surface area contributed by atoms with E-state index in [0.29, 0.717) is 0 Å². The molecule has 2 atom stereocenters. The van der Waals surface area contributed by atoms with E-state index in [4.69, 9.17) is 0 Å². The lowest BCUT2D eigenvalue weighted by Gasteiger charge is -2.41. The van der Waals surface area contributed by atoms with Gasteiger partial charge in [0.1, 0.15) is 5.78 Å². The summed E-state index contributed by atoms with van der Waals surface area (Å²) in [4.78, 5) is 12.7. The number of ketones is 1. The van der Waals surface area contributed by atoms with Gasteiger partial charge in [-0.15, -0.1) is 0 Å². The zero-order valence-corrected chi connectivity index (χ0v) is 11.2. The summed E-state index contributed by atoms with van der Waals surface area (Å²) in [5.41, 5.74) is 0.309. The molecule has 0 spiro atoms. The Morgan fingerprint density at radius 2 is 1.94 bits per heavy atom. The Kier molecular flexibility index (Phi) is 3.86. The van der Waals surface area contributed by atoms with E-state index in [1.165, 1.54) is 0 Å². The van der Waals surface area contributed by atoms with Gasteiger partial charge in [0.25, 0.3) is 0 Å². The molecule has 1 aromatic carbocycles. The first-order valence-corrected chi connectivity index (χ1v) is 6.87. The summed E-state index contributed by atoms with van der Waals surface area (Å²) < 4.78 is 0. The summed E-state index contributed by atoms with van der Waals surface area (Å²) >= 11 is 0. The van der Waals surface area contributed by atoms with Gasteiger partial charge in [0.05, 0.1) is 11.5 Å². The van der Waals surface area contributed by atoms with Crippen molar-refractivity contribution in [1.29, 1.82) is 0 Å². The molecule has 0 aromatic heterocycles. The van der Waals surface area contributed by atoms with Crippen molar-refractivity contribution in [2.24, 2.45) is 5.92 Å². The molecule has 1 aliphatic carbocycles. The van der Waals surface area contributed by atoms with Crippen molar-refractivity contribution in [3.63, 3.8) is 0 Å². The van der Waals surface area contributed by atoms with Gasteiger partial charge in [0, 0.05) is 5.92 Å². The van der Waals surface area contributed by atoms with Crippen molar-refractivity contribution in [2.45, 2.75) is 51.0 Å². The highest BCUT2D eigenvalue weighted by Gasteiger charge is 2.47. The van der Waals surface area contributed by atoms with Gasteiger partial charge >= 0.3 is 0 Å². The van der Waals surface area contributed by atoms with Gasteiger partial charge in [-0.3, -0.25) is 4.79 Å². The van der Waals surface area contributed by atoms with E-state index < -0.39 is 11.5 Å². The third-order valence-electron chi connectivity index (χ3n) is 4.12. The lowest BCUT2D eigenvalue weighted by atomic mass is 9.63. The van der Waals surface area contributed by atoms with E-state index in [1.807, 2.05) is 44.2 Å². The lowest BCUT2D eigenvalue weighted by Crippen LogP contribution is -2.50. The minimum atomic E-state index is -0.673. The molecular formula is C16H22O2. The van der Waals surface area contributed by atoms with Crippen LogP contribution in [0.5, 0.6) is 0 Å². The Bertz CT molecular complexity index is 410. The summed E-state index contributed by atoms with van der Waals surface area (Å²) in [7, 11) is 0. The number of carbonyl (C=O) groups is 1. The van der Waals surface area contributed by atoms with E-state index in [9.17, 15) is 9.90 Å². The molecular weight excluding hydrogens is 224 g/mol. The average molecular weight is 246 g/mol. The molecule has 1 saturated carbocycles. The van der Waals surface area contributed by atoms with Crippen LogP contribution in [-0.2, 0) is 10.2 Å². The van der Waals surface area contributed by atoms with Gasteiger partial charge in [-0.2, -0.15) is 0 Å². The van der Waals surface area contributed by atoms with Crippen molar-refractivity contribution < 1.29 is 9.90 Å². The molecule has 0 heterocycles. The second kappa shape index (κ2) is 5.23. The van der Waals surface area contributed by atoms with Crippen molar-refractivity contribution in [1.82, 2.24) is 0 Å². The zero-order valence-electron chi connectivity index (χ0n) is 11.2. The monoisotopic (exact) mass is 246 g/mol. The van der Waals surface area contributed by atoms with Gasteiger partial charge in [-0.05, 0) is 18.4 Å². The van der Waals surface area contributed by atoms with E-state index in [0.717, 1.165) is 31.2 Å². The first kappa shape index (κ1) is 13.3. The summed E-state index contributed by atoms with van der Waals surface area (Å²) in [6.45, 7) is 3.85. The van der Waals surface area contributed by atoms with Crippen molar-refractivity contribution in [3.8, 4) is 0 Å². The van der Waals surface area contributed by atoms with Crippen LogP contribution < -0.4 is 0 Å². The van der Waals surface area contributed by atoms with E-state index >= 15 is 0 Å². The Hall–Kier alpha value is -1.15. The maximum atomic E-state index is 12.7. The van der Waals surface area contributed by atoms with Crippen LogP contribution in [0.15, 0.2) is 30.3 Å². The van der Waals surface area contributed by atoms with Gasteiger partial charge < -0.3 is 5.11 Å². The van der Waals surface area contributed by atoms with Crippen molar-refractivity contribution in [3.05, 3.63) is 35.9 Å². The minimum absolute atomic E-state index is 0.0436. The normalized spacial score (nSPS) is 28.3. The standard InChI is InChI=1S/C16H22O2/c1-12(2)15(18)16(11-7-6-10-14(16)17)13-8-4-3-5-9-13/h3-5,8-9,12,14,17H,6-7,10-11H2,1-2H3/t14-,16-/m0/s1. The molecule has 18 heavy (non-hydrogen) atoms. The molecule has 1 fully saturated rings. The highest BCUT2D eigenvalue weighted by molar-refractivity contribution is 5.92. The fourth-order valence-corrected chi connectivity index (χ4v) is 3.17. The summed E-state index contributed by atoms with van der Waals surface area (Å²) in [6.07, 6.45) is 3.00. The molecule has 2 rings (SSSR count). The molecule has 0 amide bonds. The second-order valence-electron chi connectivity index (χ2n) is 5.62. The van der Waals surface area contributed by atoms with Crippen LogP contribution in [0.4, 0.5) is 0 Å². The van der Waals surface area contributed by atoms with Crippen molar-refractivity contribution >= 4 is 5.78 Å². The number of aliphatic hydroxyl groups is 1. The molecule has 0 unspecified atom stereocenters. The fraction of sp³-hybridized carbons (Fsp3) is 0.562. The zero-order chi connectivity index (χ0) is 13.2. The third-order valence-corrected chi connectivity index (χ3v) is 4.12. The van der Waals surface area contributed by atoms with Gasteiger partial charge in [-0.1, -0.05) is 57.0 Å². The molecule has 1 aliphatic rings. The largest absolute Gasteiger partial charge is 0.392 e. The topological polar surface area (TPSA) is 37.3 Å². The number of rotatable bonds is 3. The predicted molar refractivity (Wildman–Crippen MR) is 72.4 cm³/mol. The molecule has 0 radical (unpaired) electrons. The number of carbonyl (C=O) groups excluding carboxylic acids is 1. The Labute approximate surface area is 109 Å².